The van der Waals surface area contributed by atoms with Crippen molar-refractivity contribution in [3.63, 3.8) is 0 Å². The van der Waals surface area contributed by atoms with Crippen LogP contribution >= 0.6 is 11.6 Å². The van der Waals surface area contributed by atoms with Crippen molar-refractivity contribution < 1.29 is 19.1 Å². The van der Waals surface area contributed by atoms with Crippen LogP contribution in [0.4, 0.5) is 4.79 Å². The Kier molecular flexibility index (Phi) is 6.05. The van der Waals surface area contributed by atoms with E-state index in [9.17, 15) is 9.59 Å². The lowest BCUT2D eigenvalue weighted by Gasteiger charge is -2.13. The minimum Gasteiger partial charge on any atom is -0.467 e. The van der Waals surface area contributed by atoms with Crippen molar-refractivity contribution in [1.82, 2.24) is 5.32 Å². The fourth-order valence-electron chi connectivity index (χ4n) is 0.701. The van der Waals surface area contributed by atoms with Gasteiger partial charge in [0.25, 0.3) is 0 Å². The number of rotatable bonds is 4. The number of hydrogen-bond donors (Lipinski definition) is 1. The molecular formula is C7H12ClNO4. The minimum absolute atomic E-state index is 0.254. The molecule has 76 valence electrons. The Morgan fingerprint density at radius 2 is 2.00 bits per heavy atom. The van der Waals surface area contributed by atoms with Gasteiger partial charge in [-0.3, -0.25) is 0 Å². The molecule has 0 bridgehead atoms. The van der Waals surface area contributed by atoms with Crippen LogP contribution in [0.3, 0.4) is 0 Å². The van der Waals surface area contributed by atoms with E-state index in [0.717, 1.165) is 0 Å². The molecule has 0 aliphatic rings. The molecule has 5 nitrogen and oxygen atoms in total. The van der Waals surface area contributed by atoms with Gasteiger partial charge in [-0.1, -0.05) is 0 Å². The Balaban J connectivity index is 4.08. The van der Waals surface area contributed by atoms with Crippen LogP contribution in [0.5, 0.6) is 0 Å². The van der Waals surface area contributed by atoms with Gasteiger partial charge in [-0.15, -0.1) is 11.6 Å². The predicted octanol–water partition coefficient (Wildman–Crippen LogP) is 0.513. The normalized spacial score (nSPS) is 11.6. The topological polar surface area (TPSA) is 64.6 Å². The second-order valence-electron chi connectivity index (χ2n) is 2.19. The van der Waals surface area contributed by atoms with Gasteiger partial charge in [0, 0.05) is 5.88 Å². The Labute approximate surface area is 81.3 Å². The van der Waals surface area contributed by atoms with Gasteiger partial charge in [-0.2, -0.15) is 0 Å². The quantitative estimate of drug-likeness (QED) is 0.541. The molecule has 0 aromatic rings. The summed E-state index contributed by atoms with van der Waals surface area (Å²) in [5, 5.41) is 2.30. The highest BCUT2D eigenvalue weighted by Gasteiger charge is 2.20. The van der Waals surface area contributed by atoms with E-state index in [-0.39, 0.29) is 5.88 Å². The molecule has 0 unspecified atom stereocenters. The monoisotopic (exact) mass is 209 g/mol. The first-order chi connectivity index (χ1) is 6.15. The van der Waals surface area contributed by atoms with E-state index in [1.165, 1.54) is 14.2 Å². The van der Waals surface area contributed by atoms with Crippen LogP contribution < -0.4 is 5.32 Å². The zero-order valence-electron chi connectivity index (χ0n) is 7.50. The lowest BCUT2D eigenvalue weighted by Crippen LogP contribution is -2.41. The minimum atomic E-state index is -0.741. The highest BCUT2D eigenvalue weighted by Crippen LogP contribution is 1.97. The molecule has 0 rings (SSSR count). The summed E-state index contributed by atoms with van der Waals surface area (Å²) in [5.41, 5.74) is 0. The molecule has 0 aliphatic carbocycles. The van der Waals surface area contributed by atoms with Gasteiger partial charge in [-0.25, -0.2) is 9.59 Å². The molecule has 0 aromatic carbocycles. The average Bonchev–Trinajstić information content (AvgIpc) is 2.15. The van der Waals surface area contributed by atoms with E-state index in [4.69, 9.17) is 11.6 Å². The van der Waals surface area contributed by atoms with Crippen LogP contribution in [0.25, 0.3) is 0 Å². The fourth-order valence-corrected chi connectivity index (χ4v) is 0.920. The lowest BCUT2D eigenvalue weighted by atomic mass is 10.2. The zero-order chi connectivity index (χ0) is 10.3. The molecule has 0 spiro atoms. The number of ether oxygens (including phenoxy) is 2. The van der Waals surface area contributed by atoms with Crippen LogP contribution in [0.2, 0.25) is 0 Å². The van der Waals surface area contributed by atoms with E-state index in [1.807, 2.05) is 0 Å². The zero-order valence-corrected chi connectivity index (χ0v) is 8.26. The van der Waals surface area contributed by atoms with Crippen LogP contribution in [-0.4, -0.2) is 38.2 Å². The first-order valence-electron chi connectivity index (χ1n) is 3.64. The van der Waals surface area contributed by atoms with Crippen LogP contribution in [0.15, 0.2) is 0 Å². The van der Waals surface area contributed by atoms with Gasteiger partial charge in [0.1, 0.15) is 6.04 Å². The summed E-state index contributed by atoms with van der Waals surface area (Å²) in [7, 11) is 2.45. The largest absolute Gasteiger partial charge is 0.467 e. The maximum Gasteiger partial charge on any atom is 0.407 e. The maximum absolute atomic E-state index is 11.0. The third-order valence-electron chi connectivity index (χ3n) is 1.36. The summed E-state index contributed by atoms with van der Waals surface area (Å²) in [5.74, 6) is -0.282. The molecule has 13 heavy (non-hydrogen) atoms. The lowest BCUT2D eigenvalue weighted by molar-refractivity contribution is -0.143. The van der Waals surface area contributed by atoms with Crippen molar-refractivity contribution >= 4 is 23.7 Å². The van der Waals surface area contributed by atoms with Crippen molar-refractivity contribution in [2.24, 2.45) is 0 Å². The van der Waals surface area contributed by atoms with Gasteiger partial charge < -0.3 is 14.8 Å². The maximum atomic E-state index is 11.0. The number of halogens is 1. The summed E-state index contributed by atoms with van der Waals surface area (Å²) < 4.78 is 8.76. The highest BCUT2D eigenvalue weighted by atomic mass is 35.5. The number of alkyl halides is 1. The van der Waals surface area contributed by atoms with Crippen molar-refractivity contribution in [2.75, 3.05) is 20.1 Å². The first-order valence-corrected chi connectivity index (χ1v) is 4.17. The molecular weight excluding hydrogens is 198 g/mol. The predicted molar refractivity (Wildman–Crippen MR) is 46.7 cm³/mol. The van der Waals surface area contributed by atoms with Crippen molar-refractivity contribution in [1.29, 1.82) is 0 Å². The number of alkyl carbamates (subject to hydrolysis) is 1. The van der Waals surface area contributed by atoms with E-state index in [2.05, 4.69) is 14.8 Å². The van der Waals surface area contributed by atoms with E-state index >= 15 is 0 Å². The van der Waals surface area contributed by atoms with Crippen molar-refractivity contribution in [3.8, 4) is 0 Å². The highest BCUT2D eigenvalue weighted by molar-refractivity contribution is 6.18. The summed E-state index contributed by atoms with van der Waals surface area (Å²) >= 11 is 5.42. The second-order valence-corrected chi connectivity index (χ2v) is 2.57. The third-order valence-corrected chi connectivity index (χ3v) is 1.58. The molecule has 0 aromatic heterocycles. The molecule has 0 aliphatic heterocycles. The summed E-state index contributed by atoms with van der Waals surface area (Å²) in [6, 6.07) is -0.741. The van der Waals surface area contributed by atoms with Crippen LogP contribution in [0, 0.1) is 0 Å². The number of carbonyl (C=O) groups excluding carboxylic acids is 2. The Hall–Kier alpha value is -0.970. The Morgan fingerprint density at radius 3 is 2.38 bits per heavy atom. The molecule has 0 radical (unpaired) electrons. The molecule has 1 amide bonds. The van der Waals surface area contributed by atoms with Gasteiger partial charge in [-0.05, 0) is 6.42 Å². The van der Waals surface area contributed by atoms with Crippen LogP contribution in [0.1, 0.15) is 6.42 Å². The smallest absolute Gasteiger partial charge is 0.407 e. The first kappa shape index (κ1) is 12.0. The number of methoxy groups -OCH3 is 2. The SMILES string of the molecule is COC(=O)N[C@@H](CCCl)C(=O)OC. The van der Waals surface area contributed by atoms with Gasteiger partial charge in [0.2, 0.25) is 0 Å². The second kappa shape index (κ2) is 6.54. The standard InChI is InChI=1S/C7H12ClNO4/c1-12-6(10)5(3-4-8)9-7(11)13-2/h5H,3-4H2,1-2H3,(H,9,11)/t5-/m0/s1. The molecule has 1 N–H and O–H groups in total. The number of nitrogens with one attached hydrogen (secondary N) is 1. The van der Waals surface area contributed by atoms with Crippen molar-refractivity contribution in [3.05, 3.63) is 0 Å². The Bertz CT molecular complexity index is 185. The number of amides is 1. The fraction of sp³-hybridized carbons (Fsp3) is 0.714. The molecule has 6 heteroatoms. The third kappa shape index (κ3) is 4.57. The van der Waals surface area contributed by atoms with Crippen molar-refractivity contribution in [2.45, 2.75) is 12.5 Å². The average molecular weight is 210 g/mol. The summed E-state index contributed by atoms with van der Waals surface area (Å²) in [6.07, 6.45) is -0.371. The number of hydrogen-bond acceptors (Lipinski definition) is 4. The van der Waals surface area contributed by atoms with Crippen LogP contribution in [-0.2, 0) is 14.3 Å². The molecule has 0 fully saturated rings. The number of esters is 1. The molecule has 0 saturated heterocycles. The number of carbonyl (C=O) groups is 2. The summed E-state index contributed by atoms with van der Waals surface area (Å²) in [4.78, 5) is 21.7. The van der Waals surface area contributed by atoms with Gasteiger partial charge >= 0.3 is 12.1 Å². The molecule has 1 atom stereocenters. The summed E-state index contributed by atoms with van der Waals surface area (Å²) in [6.45, 7) is 0. The van der Waals surface area contributed by atoms with E-state index in [1.54, 1.807) is 0 Å². The molecule has 0 saturated carbocycles. The Morgan fingerprint density at radius 1 is 1.38 bits per heavy atom. The van der Waals surface area contributed by atoms with E-state index < -0.39 is 18.1 Å². The molecule has 0 heterocycles. The van der Waals surface area contributed by atoms with Gasteiger partial charge in [0.05, 0.1) is 14.2 Å². The van der Waals surface area contributed by atoms with E-state index in [0.29, 0.717) is 6.42 Å². The van der Waals surface area contributed by atoms with Gasteiger partial charge in [0.15, 0.2) is 0 Å².